The molecule has 0 aromatic rings. The average molecular weight is 139 g/mol. The van der Waals surface area contributed by atoms with Crippen molar-refractivity contribution in [3.05, 3.63) is 0 Å². The molecular formula is C9H17N. The first-order chi connectivity index (χ1) is 4.86. The predicted molar refractivity (Wildman–Crippen MR) is 43.0 cm³/mol. The maximum absolute atomic E-state index is 2.69. The highest BCUT2D eigenvalue weighted by Crippen LogP contribution is 2.29. The molecule has 2 fully saturated rings. The van der Waals surface area contributed by atoms with Gasteiger partial charge in [0.2, 0.25) is 0 Å². The Morgan fingerprint density at radius 2 is 2.20 bits per heavy atom. The Morgan fingerprint density at radius 1 is 1.30 bits per heavy atom. The first-order valence-corrected chi connectivity index (χ1v) is 4.60. The Labute approximate surface area is 63.4 Å². The van der Waals surface area contributed by atoms with E-state index in [1.807, 2.05) is 0 Å². The molecule has 2 atom stereocenters. The molecule has 0 aromatic heterocycles. The van der Waals surface area contributed by atoms with E-state index < -0.39 is 0 Å². The van der Waals surface area contributed by atoms with Crippen LogP contribution in [0.5, 0.6) is 0 Å². The summed E-state index contributed by atoms with van der Waals surface area (Å²) < 4.78 is 0. The Morgan fingerprint density at radius 3 is 3.00 bits per heavy atom. The molecule has 0 bridgehead atoms. The summed E-state index contributed by atoms with van der Waals surface area (Å²) in [4.78, 5) is 2.69. The lowest BCUT2D eigenvalue weighted by atomic mass is 10.0. The average Bonchev–Trinajstić information content (AvgIpc) is 2.27. The van der Waals surface area contributed by atoms with E-state index >= 15 is 0 Å². The van der Waals surface area contributed by atoms with E-state index in [0.717, 1.165) is 12.0 Å². The van der Waals surface area contributed by atoms with Crippen LogP contribution in [0.2, 0.25) is 0 Å². The Kier molecular flexibility index (Phi) is 1.69. The molecule has 10 heavy (non-hydrogen) atoms. The van der Waals surface area contributed by atoms with Crippen LogP contribution in [0.1, 0.15) is 32.6 Å². The van der Waals surface area contributed by atoms with Crippen LogP contribution in [0.15, 0.2) is 0 Å². The topological polar surface area (TPSA) is 3.24 Å². The van der Waals surface area contributed by atoms with Crippen LogP contribution in [0, 0.1) is 5.92 Å². The van der Waals surface area contributed by atoms with Crippen molar-refractivity contribution >= 4 is 0 Å². The van der Waals surface area contributed by atoms with Crippen molar-refractivity contribution in [1.82, 2.24) is 4.90 Å². The van der Waals surface area contributed by atoms with Crippen LogP contribution in [-0.4, -0.2) is 24.0 Å². The lowest BCUT2D eigenvalue weighted by Crippen LogP contribution is -2.33. The van der Waals surface area contributed by atoms with Crippen molar-refractivity contribution < 1.29 is 0 Å². The standard InChI is InChI=1S/C9H17N/c1-8-6-9-4-2-3-5-10(9)7-8/h8-9H,2-7H2,1H3. The first-order valence-electron chi connectivity index (χ1n) is 4.60. The van der Waals surface area contributed by atoms with Crippen molar-refractivity contribution in [1.29, 1.82) is 0 Å². The van der Waals surface area contributed by atoms with Gasteiger partial charge in [0.1, 0.15) is 0 Å². The van der Waals surface area contributed by atoms with E-state index in [1.54, 1.807) is 0 Å². The van der Waals surface area contributed by atoms with Crippen molar-refractivity contribution in [3.8, 4) is 0 Å². The molecule has 0 radical (unpaired) electrons. The molecule has 1 heteroatoms. The molecule has 1 nitrogen and oxygen atoms in total. The molecule has 2 saturated heterocycles. The summed E-state index contributed by atoms with van der Waals surface area (Å²) in [5, 5.41) is 0. The van der Waals surface area contributed by atoms with Gasteiger partial charge in [-0.25, -0.2) is 0 Å². The number of hydrogen-bond donors (Lipinski definition) is 0. The molecule has 0 aromatic carbocycles. The minimum atomic E-state index is 0.975. The van der Waals surface area contributed by atoms with E-state index in [4.69, 9.17) is 0 Å². The predicted octanol–water partition coefficient (Wildman–Crippen LogP) is 1.88. The van der Waals surface area contributed by atoms with Gasteiger partial charge in [0.25, 0.3) is 0 Å². The van der Waals surface area contributed by atoms with E-state index in [0.29, 0.717) is 0 Å². The monoisotopic (exact) mass is 139 g/mol. The fourth-order valence-corrected chi connectivity index (χ4v) is 2.51. The zero-order chi connectivity index (χ0) is 6.97. The van der Waals surface area contributed by atoms with Crippen LogP contribution in [0.3, 0.4) is 0 Å². The smallest absolute Gasteiger partial charge is 0.00983 e. The van der Waals surface area contributed by atoms with Gasteiger partial charge in [-0.2, -0.15) is 0 Å². The zero-order valence-electron chi connectivity index (χ0n) is 6.84. The van der Waals surface area contributed by atoms with E-state index in [-0.39, 0.29) is 0 Å². The molecule has 2 rings (SSSR count). The molecule has 0 amide bonds. The maximum Gasteiger partial charge on any atom is 0.00983 e. The number of rotatable bonds is 0. The third-order valence-corrected chi connectivity index (χ3v) is 2.97. The number of nitrogens with zero attached hydrogens (tertiary/aromatic N) is 1. The first kappa shape index (κ1) is 6.66. The molecule has 2 aliphatic heterocycles. The summed E-state index contributed by atoms with van der Waals surface area (Å²) in [6.07, 6.45) is 5.88. The van der Waals surface area contributed by atoms with Crippen molar-refractivity contribution in [2.45, 2.75) is 38.6 Å². The lowest BCUT2D eigenvalue weighted by Gasteiger charge is -2.28. The van der Waals surface area contributed by atoms with Crippen molar-refractivity contribution in [2.24, 2.45) is 5.92 Å². The van der Waals surface area contributed by atoms with Gasteiger partial charge in [0.15, 0.2) is 0 Å². The van der Waals surface area contributed by atoms with Crippen LogP contribution in [0.4, 0.5) is 0 Å². The fourth-order valence-electron chi connectivity index (χ4n) is 2.51. The highest BCUT2D eigenvalue weighted by molar-refractivity contribution is 4.85. The van der Waals surface area contributed by atoms with Gasteiger partial charge < -0.3 is 4.90 Å². The van der Waals surface area contributed by atoms with Gasteiger partial charge in [-0.05, 0) is 31.7 Å². The zero-order valence-corrected chi connectivity index (χ0v) is 6.84. The second kappa shape index (κ2) is 2.54. The van der Waals surface area contributed by atoms with Gasteiger partial charge in [-0.1, -0.05) is 13.3 Å². The Balaban J connectivity index is 1.97. The normalized spacial score (nSPS) is 41.7. The summed E-state index contributed by atoms with van der Waals surface area (Å²) in [5.41, 5.74) is 0. The largest absolute Gasteiger partial charge is 0.300 e. The molecule has 0 spiro atoms. The molecule has 0 N–H and O–H groups in total. The van der Waals surface area contributed by atoms with Gasteiger partial charge in [0.05, 0.1) is 0 Å². The van der Waals surface area contributed by atoms with Gasteiger partial charge in [0, 0.05) is 12.6 Å². The molecule has 2 heterocycles. The van der Waals surface area contributed by atoms with Crippen molar-refractivity contribution in [2.75, 3.05) is 13.1 Å². The summed E-state index contributed by atoms with van der Waals surface area (Å²) in [6.45, 7) is 5.15. The minimum absolute atomic E-state index is 0.975. The third-order valence-electron chi connectivity index (χ3n) is 2.97. The molecule has 2 aliphatic rings. The quantitative estimate of drug-likeness (QED) is 0.495. The van der Waals surface area contributed by atoms with E-state index in [2.05, 4.69) is 11.8 Å². The summed E-state index contributed by atoms with van der Waals surface area (Å²) in [6, 6.07) is 0.976. The number of hydrogen-bond acceptors (Lipinski definition) is 1. The van der Waals surface area contributed by atoms with Gasteiger partial charge >= 0.3 is 0 Å². The molecule has 2 unspecified atom stereocenters. The SMILES string of the molecule is CC1CC2CCCCN2C1. The third kappa shape index (κ3) is 1.07. The summed E-state index contributed by atoms with van der Waals surface area (Å²) in [7, 11) is 0. The summed E-state index contributed by atoms with van der Waals surface area (Å²) in [5.74, 6) is 0.975. The minimum Gasteiger partial charge on any atom is -0.300 e. The van der Waals surface area contributed by atoms with E-state index in [9.17, 15) is 0 Å². The maximum atomic E-state index is 2.69. The lowest BCUT2D eigenvalue weighted by molar-refractivity contribution is 0.197. The Bertz CT molecular complexity index is 108. The van der Waals surface area contributed by atoms with Crippen LogP contribution in [0.25, 0.3) is 0 Å². The number of piperidine rings is 1. The molecule has 58 valence electrons. The fraction of sp³-hybridized carbons (Fsp3) is 1.00. The molecule has 0 aliphatic carbocycles. The molecule has 0 saturated carbocycles. The van der Waals surface area contributed by atoms with Gasteiger partial charge in [-0.3, -0.25) is 0 Å². The van der Waals surface area contributed by atoms with Crippen LogP contribution >= 0.6 is 0 Å². The number of fused-ring (bicyclic) bond motifs is 1. The van der Waals surface area contributed by atoms with Gasteiger partial charge in [-0.15, -0.1) is 0 Å². The summed E-state index contributed by atoms with van der Waals surface area (Å²) >= 11 is 0. The molecular weight excluding hydrogens is 122 g/mol. The van der Waals surface area contributed by atoms with Crippen LogP contribution in [-0.2, 0) is 0 Å². The van der Waals surface area contributed by atoms with Crippen LogP contribution < -0.4 is 0 Å². The highest BCUT2D eigenvalue weighted by atomic mass is 15.2. The second-order valence-electron chi connectivity index (χ2n) is 3.99. The van der Waals surface area contributed by atoms with E-state index in [1.165, 1.54) is 38.8 Å². The highest BCUT2D eigenvalue weighted by Gasteiger charge is 2.30. The second-order valence-corrected chi connectivity index (χ2v) is 3.99. The van der Waals surface area contributed by atoms with Crippen molar-refractivity contribution in [3.63, 3.8) is 0 Å². The Hall–Kier alpha value is -0.0400.